The van der Waals surface area contributed by atoms with Gasteiger partial charge in [0.05, 0.1) is 6.61 Å². The molecule has 0 rings (SSSR count). The van der Waals surface area contributed by atoms with E-state index >= 15 is 0 Å². The average Bonchev–Trinajstić information content (AvgIpc) is 1.87. The molecule has 0 fully saturated rings. The maximum atomic E-state index is 10.3. The summed E-state index contributed by atoms with van der Waals surface area (Å²) in [6.45, 7) is 5.14. The van der Waals surface area contributed by atoms with Gasteiger partial charge in [0.25, 0.3) is 0 Å². The molecule has 63 valence electrons. The predicted octanol–water partition coefficient (Wildman–Crippen LogP) is 1.08. The maximum Gasteiger partial charge on any atom is 0.302 e. The standard InChI is InChI=1S/C8H13O3/c1-7(10)11-5-4-8(2,3)6-9/h4-5H2,1-3H3. The van der Waals surface area contributed by atoms with Crippen molar-refractivity contribution >= 4 is 12.3 Å². The molecule has 0 aromatic carbocycles. The van der Waals surface area contributed by atoms with E-state index < -0.39 is 5.41 Å². The summed E-state index contributed by atoms with van der Waals surface area (Å²) in [6.07, 6.45) is 2.40. The second-order valence-electron chi connectivity index (χ2n) is 3.08. The number of carbonyl (C=O) groups excluding carboxylic acids is 2. The Morgan fingerprint density at radius 3 is 2.45 bits per heavy atom. The quantitative estimate of drug-likeness (QED) is 0.573. The first-order valence-electron chi connectivity index (χ1n) is 3.50. The lowest BCUT2D eigenvalue weighted by Gasteiger charge is -2.14. The average molecular weight is 157 g/mol. The van der Waals surface area contributed by atoms with Crippen molar-refractivity contribution in [3.8, 4) is 0 Å². The van der Waals surface area contributed by atoms with Crippen LogP contribution in [-0.2, 0) is 14.3 Å². The SMILES string of the molecule is CC(=O)OCCC(C)(C)[C]=O. The van der Waals surface area contributed by atoms with E-state index in [9.17, 15) is 9.59 Å². The Balaban J connectivity index is 3.53. The lowest BCUT2D eigenvalue weighted by atomic mass is 9.92. The third kappa shape index (κ3) is 5.58. The Labute approximate surface area is 66.7 Å². The van der Waals surface area contributed by atoms with E-state index in [-0.39, 0.29) is 12.6 Å². The Morgan fingerprint density at radius 1 is 1.55 bits per heavy atom. The molecule has 0 saturated heterocycles. The van der Waals surface area contributed by atoms with E-state index in [1.54, 1.807) is 13.8 Å². The fourth-order valence-electron chi connectivity index (χ4n) is 0.501. The molecule has 0 bridgehead atoms. The molecule has 0 aliphatic rings. The van der Waals surface area contributed by atoms with Gasteiger partial charge in [0.2, 0.25) is 6.29 Å². The van der Waals surface area contributed by atoms with Gasteiger partial charge in [0, 0.05) is 12.3 Å². The zero-order valence-electron chi connectivity index (χ0n) is 7.14. The van der Waals surface area contributed by atoms with E-state index in [0.29, 0.717) is 6.42 Å². The third-order valence-corrected chi connectivity index (χ3v) is 1.31. The minimum atomic E-state index is -0.505. The van der Waals surface area contributed by atoms with Crippen LogP contribution in [0.3, 0.4) is 0 Å². The van der Waals surface area contributed by atoms with Crippen LogP contribution in [0.2, 0.25) is 0 Å². The van der Waals surface area contributed by atoms with Gasteiger partial charge in [-0.3, -0.25) is 9.59 Å². The number of hydrogen-bond donors (Lipinski definition) is 0. The first-order chi connectivity index (χ1) is 4.98. The van der Waals surface area contributed by atoms with Crippen molar-refractivity contribution in [1.29, 1.82) is 0 Å². The van der Waals surface area contributed by atoms with Crippen LogP contribution in [0.4, 0.5) is 0 Å². The molecule has 0 aromatic rings. The van der Waals surface area contributed by atoms with Crippen molar-refractivity contribution in [1.82, 2.24) is 0 Å². The summed E-state index contributed by atoms with van der Waals surface area (Å²) in [7, 11) is 0. The third-order valence-electron chi connectivity index (χ3n) is 1.31. The van der Waals surface area contributed by atoms with Crippen molar-refractivity contribution in [2.45, 2.75) is 27.2 Å². The summed E-state index contributed by atoms with van der Waals surface area (Å²) in [6, 6.07) is 0. The number of hydrogen-bond acceptors (Lipinski definition) is 3. The molecule has 0 amide bonds. The van der Waals surface area contributed by atoms with Gasteiger partial charge >= 0.3 is 5.97 Å². The lowest BCUT2D eigenvalue weighted by molar-refractivity contribution is -0.141. The number of rotatable bonds is 4. The van der Waals surface area contributed by atoms with Crippen LogP contribution in [0.1, 0.15) is 27.2 Å². The minimum Gasteiger partial charge on any atom is -0.466 e. The summed E-state index contributed by atoms with van der Waals surface area (Å²) in [5, 5.41) is 0. The van der Waals surface area contributed by atoms with Crippen LogP contribution in [-0.4, -0.2) is 18.9 Å². The summed E-state index contributed by atoms with van der Waals surface area (Å²) >= 11 is 0. The fraction of sp³-hybridized carbons (Fsp3) is 0.750. The summed E-state index contributed by atoms with van der Waals surface area (Å²) < 4.78 is 4.66. The Kier molecular flexibility index (Phi) is 3.79. The smallest absolute Gasteiger partial charge is 0.302 e. The first-order valence-corrected chi connectivity index (χ1v) is 3.50. The second kappa shape index (κ2) is 4.11. The molecule has 0 aromatic heterocycles. The van der Waals surface area contributed by atoms with Gasteiger partial charge in [-0.1, -0.05) is 13.8 Å². The molecule has 0 aliphatic carbocycles. The van der Waals surface area contributed by atoms with Crippen LogP contribution in [0.25, 0.3) is 0 Å². The van der Waals surface area contributed by atoms with Crippen LogP contribution < -0.4 is 0 Å². The fourth-order valence-corrected chi connectivity index (χ4v) is 0.501. The van der Waals surface area contributed by atoms with Gasteiger partial charge < -0.3 is 4.74 Å². The molecule has 3 nitrogen and oxygen atoms in total. The second-order valence-corrected chi connectivity index (χ2v) is 3.08. The molecular formula is C8H13O3. The number of esters is 1. The van der Waals surface area contributed by atoms with Gasteiger partial charge in [-0.15, -0.1) is 0 Å². The first kappa shape index (κ1) is 10.1. The van der Waals surface area contributed by atoms with Gasteiger partial charge in [0.15, 0.2) is 0 Å². The van der Waals surface area contributed by atoms with E-state index in [2.05, 4.69) is 4.74 Å². The van der Waals surface area contributed by atoms with E-state index in [1.165, 1.54) is 6.92 Å². The molecule has 11 heavy (non-hydrogen) atoms. The van der Waals surface area contributed by atoms with Crippen molar-refractivity contribution in [3.05, 3.63) is 0 Å². The summed E-state index contributed by atoms with van der Waals surface area (Å²) in [5.74, 6) is -0.313. The molecule has 0 N–H and O–H groups in total. The molecule has 1 radical (unpaired) electrons. The number of carbonyl (C=O) groups is 1. The van der Waals surface area contributed by atoms with Crippen molar-refractivity contribution < 1.29 is 14.3 Å². The molecule has 0 aliphatic heterocycles. The van der Waals surface area contributed by atoms with E-state index in [1.807, 2.05) is 6.29 Å². The maximum absolute atomic E-state index is 10.3. The molecule has 0 atom stereocenters. The zero-order chi connectivity index (χ0) is 8.91. The lowest BCUT2D eigenvalue weighted by Crippen LogP contribution is -2.16. The van der Waals surface area contributed by atoms with Crippen molar-refractivity contribution in [2.75, 3.05) is 6.61 Å². The van der Waals surface area contributed by atoms with Gasteiger partial charge in [-0.25, -0.2) is 0 Å². The highest BCUT2D eigenvalue weighted by Crippen LogP contribution is 2.15. The highest BCUT2D eigenvalue weighted by atomic mass is 16.5. The van der Waals surface area contributed by atoms with Crippen molar-refractivity contribution in [3.63, 3.8) is 0 Å². The topological polar surface area (TPSA) is 43.4 Å². The molecule has 0 saturated carbocycles. The van der Waals surface area contributed by atoms with Crippen LogP contribution in [0, 0.1) is 5.41 Å². The van der Waals surface area contributed by atoms with Gasteiger partial charge in [-0.2, -0.15) is 0 Å². The normalized spacial score (nSPS) is 10.8. The van der Waals surface area contributed by atoms with E-state index in [0.717, 1.165) is 0 Å². The highest BCUT2D eigenvalue weighted by Gasteiger charge is 2.17. The zero-order valence-corrected chi connectivity index (χ0v) is 7.14. The van der Waals surface area contributed by atoms with Crippen LogP contribution in [0.15, 0.2) is 0 Å². The van der Waals surface area contributed by atoms with Gasteiger partial charge in [0.1, 0.15) is 0 Å². The highest BCUT2D eigenvalue weighted by molar-refractivity contribution is 5.66. The van der Waals surface area contributed by atoms with Crippen LogP contribution in [0.5, 0.6) is 0 Å². The summed E-state index contributed by atoms with van der Waals surface area (Å²) in [5.41, 5.74) is -0.505. The minimum absolute atomic E-state index is 0.289. The monoisotopic (exact) mass is 157 g/mol. The molecule has 0 unspecified atom stereocenters. The molecule has 0 spiro atoms. The van der Waals surface area contributed by atoms with E-state index in [4.69, 9.17) is 0 Å². The Hall–Kier alpha value is -0.860. The predicted molar refractivity (Wildman–Crippen MR) is 40.7 cm³/mol. The molecule has 3 heteroatoms. The van der Waals surface area contributed by atoms with Crippen LogP contribution >= 0.6 is 0 Å². The number of ether oxygens (including phenoxy) is 1. The Bertz CT molecular complexity index is 149. The Morgan fingerprint density at radius 2 is 2.09 bits per heavy atom. The van der Waals surface area contributed by atoms with Gasteiger partial charge in [-0.05, 0) is 6.42 Å². The van der Waals surface area contributed by atoms with Crippen molar-refractivity contribution in [2.24, 2.45) is 5.41 Å². The summed E-state index contributed by atoms with van der Waals surface area (Å²) in [4.78, 5) is 20.5. The molecule has 0 heterocycles. The molecular weight excluding hydrogens is 144 g/mol. The largest absolute Gasteiger partial charge is 0.466 e.